The molecule has 0 spiro atoms. The van der Waals surface area contributed by atoms with E-state index in [2.05, 4.69) is 38.9 Å². The van der Waals surface area contributed by atoms with E-state index >= 15 is 0 Å². The number of aromatic amines is 1. The quantitative estimate of drug-likeness (QED) is 0.886. The molecular formula is C17H24N6O2. The lowest BCUT2D eigenvalue weighted by molar-refractivity contribution is -0.0266. The Morgan fingerprint density at radius 3 is 2.80 bits per heavy atom. The van der Waals surface area contributed by atoms with Gasteiger partial charge in [0.25, 0.3) is 5.91 Å². The number of H-pyrrole nitrogens is 1. The summed E-state index contributed by atoms with van der Waals surface area (Å²) in [6.45, 7) is 9.24. The van der Waals surface area contributed by atoms with E-state index in [0.29, 0.717) is 31.1 Å². The third-order valence-electron chi connectivity index (χ3n) is 4.34. The van der Waals surface area contributed by atoms with Crippen LogP contribution in [0.15, 0.2) is 18.3 Å². The standard InChI is InChI=1S/C17H24N6O2/c1-4-22(5-2)15-7-6-13(10-18-15)17(24)23-8-9-25-14(11-23)16-19-12(3)20-21-16/h6-7,10,14H,4-5,8-9,11H2,1-3H3,(H,19,20,21). The summed E-state index contributed by atoms with van der Waals surface area (Å²) in [5.41, 5.74) is 0.586. The number of anilines is 1. The Hall–Kier alpha value is -2.48. The van der Waals surface area contributed by atoms with Crippen LogP contribution in [-0.2, 0) is 4.74 Å². The molecule has 3 heterocycles. The third kappa shape index (κ3) is 3.79. The molecule has 1 fully saturated rings. The highest BCUT2D eigenvalue weighted by atomic mass is 16.5. The fourth-order valence-electron chi connectivity index (χ4n) is 2.92. The first kappa shape index (κ1) is 17.3. The molecule has 2 aromatic rings. The summed E-state index contributed by atoms with van der Waals surface area (Å²) in [5, 5.41) is 6.95. The second kappa shape index (κ2) is 7.60. The number of aryl methyl sites for hydroxylation is 1. The highest BCUT2D eigenvalue weighted by molar-refractivity contribution is 5.94. The molecule has 25 heavy (non-hydrogen) atoms. The fraction of sp³-hybridized carbons (Fsp3) is 0.529. The normalized spacial score (nSPS) is 17.6. The minimum Gasteiger partial charge on any atom is -0.366 e. The highest BCUT2D eigenvalue weighted by Crippen LogP contribution is 2.21. The second-order valence-corrected chi connectivity index (χ2v) is 5.97. The predicted molar refractivity (Wildman–Crippen MR) is 93.5 cm³/mol. The Morgan fingerprint density at radius 2 is 2.20 bits per heavy atom. The average molecular weight is 344 g/mol. The van der Waals surface area contributed by atoms with Crippen LogP contribution in [0.5, 0.6) is 0 Å². The van der Waals surface area contributed by atoms with Crippen molar-refractivity contribution in [2.45, 2.75) is 26.9 Å². The lowest BCUT2D eigenvalue weighted by Gasteiger charge is -2.31. The summed E-state index contributed by atoms with van der Waals surface area (Å²) in [7, 11) is 0. The van der Waals surface area contributed by atoms with Crippen LogP contribution in [0.25, 0.3) is 0 Å². The van der Waals surface area contributed by atoms with Gasteiger partial charge in [0.1, 0.15) is 17.7 Å². The monoisotopic (exact) mass is 344 g/mol. The Labute approximate surface area is 147 Å². The van der Waals surface area contributed by atoms with Gasteiger partial charge in [-0.25, -0.2) is 9.97 Å². The maximum Gasteiger partial charge on any atom is 0.255 e. The molecule has 2 aromatic heterocycles. The zero-order valence-corrected chi connectivity index (χ0v) is 14.9. The molecule has 0 saturated carbocycles. The maximum absolute atomic E-state index is 12.8. The molecule has 8 nitrogen and oxygen atoms in total. The number of rotatable bonds is 5. The van der Waals surface area contributed by atoms with E-state index in [4.69, 9.17) is 4.74 Å². The maximum atomic E-state index is 12.8. The molecule has 1 atom stereocenters. The summed E-state index contributed by atoms with van der Waals surface area (Å²) in [6.07, 6.45) is 1.35. The molecule has 134 valence electrons. The van der Waals surface area contributed by atoms with Crippen LogP contribution >= 0.6 is 0 Å². The van der Waals surface area contributed by atoms with Gasteiger partial charge in [-0.1, -0.05) is 0 Å². The van der Waals surface area contributed by atoms with Crippen molar-refractivity contribution < 1.29 is 9.53 Å². The van der Waals surface area contributed by atoms with Crippen LogP contribution in [0, 0.1) is 6.92 Å². The van der Waals surface area contributed by atoms with E-state index in [1.807, 2.05) is 19.1 Å². The molecule has 0 radical (unpaired) electrons. The molecule has 1 unspecified atom stereocenters. The average Bonchev–Trinajstić information content (AvgIpc) is 3.09. The third-order valence-corrected chi connectivity index (χ3v) is 4.34. The van der Waals surface area contributed by atoms with Gasteiger partial charge in [0.15, 0.2) is 5.82 Å². The molecule has 0 aliphatic carbocycles. The summed E-state index contributed by atoms with van der Waals surface area (Å²) in [6, 6.07) is 3.74. The van der Waals surface area contributed by atoms with Crippen molar-refractivity contribution in [3.8, 4) is 0 Å². The van der Waals surface area contributed by atoms with E-state index in [-0.39, 0.29) is 12.0 Å². The first-order valence-corrected chi connectivity index (χ1v) is 8.63. The highest BCUT2D eigenvalue weighted by Gasteiger charge is 2.28. The smallest absolute Gasteiger partial charge is 0.255 e. The van der Waals surface area contributed by atoms with E-state index in [9.17, 15) is 4.79 Å². The van der Waals surface area contributed by atoms with E-state index in [0.717, 1.165) is 24.7 Å². The number of aromatic nitrogens is 4. The van der Waals surface area contributed by atoms with Crippen molar-refractivity contribution in [1.29, 1.82) is 0 Å². The SMILES string of the molecule is CCN(CC)c1ccc(C(=O)N2CCOC(c3n[nH]c(C)n3)C2)cn1. The van der Waals surface area contributed by atoms with Gasteiger partial charge in [0, 0.05) is 25.8 Å². The van der Waals surface area contributed by atoms with Crippen LogP contribution in [0.1, 0.15) is 42.0 Å². The Morgan fingerprint density at radius 1 is 1.40 bits per heavy atom. The largest absolute Gasteiger partial charge is 0.366 e. The van der Waals surface area contributed by atoms with Gasteiger partial charge in [-0.2, -0.15) is 5.10 Å². The molecule has 1 saturated heterocycles. The molecule has 0 bridgehead atoms. The number of hydrogen-bond acceptors (Lipinski definition) is 6. The number of nitrogens with zero attached hydrogens (tertiary/aromatic N) is 5. The van der Waals surface area contributed by atoms with Gasteiger partial charge in [-0.15, -0.1) is 0 Å². The van der Waals surface area contributed by atoms with Gasteiger partial charge < -0.3 is 14.5 Å². The van der Waals surface area contributed by atoms with Crippen LogP contribution in [0.4, 0.5) is 5.82 Å². The zero-order valence-electron chi connectivity index (χ0n) is 14.9. The summed E-state index contributed by atoms with van der Waals surface area (Å²) >= 11 is 0. The van der Waals surface area contributed by atoms with Gasteiger partial charge in [-0.3, -0.25) is 9.89 Å². The van der Waals surface area contributed by atoms with Crippen molar-refractivity contribution in [2.75, 3.05) is 37.7 Å². The summed E-state index contributed by atoms with van der Waals surface area (Å²) in [4.78, 5) is 25.4. The van der Waals surface area contributed by atoms with Gasteiger partial charge in [0.2, 0.25) is 0 Å². The lowest BCUT2D eigenvalue weighted by Crippen LogP contribution is -2.42. The van der Waals surface area contributed by atoms with Crippen LogP contribution in [-0.4, -0.2) is 63.8 Å². The molecule has 1 N–H and O–H groups in total. The zero-order chi connectivity index (χ0) is 17.8. The van der Waals surface area contributed by atoms with E-state index < -0.39 is 0 Å². The molecule has 1 amide bonds. The number of nitrogens with one attached hydrogen (secondary N) is 1. The van der Waals surface area contributed by atoms with Crippen LogP contribution in [0.3, 0.4) is 0 Å². The lowest BCUT2D eigenvalue weighted by atomic mass is 10.2. The summed E-state index contributed by atoms with van der Waals surface area (Å²) in [5.74, 6) is 2.17. The Kier molecular flexibility index (Phi) is 5.28. The molecule has 1 aliphatic rings. The molecule has 0 aromatic carbocycles. The topological polar surface area (TPSA) is 87.2 Å². The first-order chi connectivity index (χ1) is 12.1. The van der Waals surface area contributed by atoms with E-state index in [1.165, 1.54) is 0 Å². The Balaban J connectivity index is 1.69. The second-order valence-electron chi connectivity index (χ2n) is 5.97. The first-order valence-electron chi connectivity index (χ1n) is 8.63. The van der Waals surface area contributed by atoms with Crippen LogP contribution < -0.4 is 4.90 Å². The minimum absolute atomic E-state index is 0.0424. The number of pyridine rings is 1. The summed E-state index contributed by atoms with van der Waals surface area (Å²) < 4.78 is 5.71. The minimum atomic E-state index is -0.300. The van der Waals surface area contributed by atoms with Gasteiger partial charge in [0.05, 0.1) is 18.7 Å². The molecular weight excluding hydrogens is 320 g/mol. The Bertz CT molecular complexity index is 710. The van der Waals surface area contributed by atoms with Gasteiger partial charge >= 0.3 is 0 Å². The van der Waals surface area contributed by atoms with Crippen molar-refractivity contribution in [3.63, 3.8) is 0 Å². The van der Waals surface area contributed by atoms with E-state index in [1.54, 1.807) is 11.1 Å². The number of hydrogen-bond donors (Lipinski definition) is 1. The van der Waals surface area contributed by atoms with Crippen molar-refractivity contribution in [2.24, 2.45) is 0 Å². The number of carbonyl (C=O) groups excluding carboxylic acids is 1. The molecule has 3 rings (SSSR count). The number of amides is 1. The van der Waals surface area contributed by atoms with Crippen LogP contribution in [0.2, 0.25) is 0 Å². The fourth-order valence-corrected chi connectivity index (χ4v) is 2.92. The van der Waals surface area contributed by atoms with Crippen molar-refractivity contribution in [1.82, 2.24) is 25.1 Å². The van der Waals surface area contributed by atoms with Gasteiger partial charge in [-0.05, 0) is 32.9 Å². The van der Waals surface area contributed by atoms with Crippen molar-refractivity contribution >= 4 is 11.7 Å². The van der Waals surface area contributed by atoms with Crippen molar-refractivity contribution in [3.05, 3.63) is 35.5 Å². The molecule has 8 heteroatoms. The number of carbonyl (C=O) groups is 1. The predicted octanol–water partition coefficient (Wildman–Crippen LogP) is 1.57. The number of morpholine rings is 1. The molecule has 1 aliphatic heterocycles. The number of ether oxygens (including phenoxy) is 1.